The van der Waals surface area contributed by atoms with Crippen molar-refractivity contribution in [3.63, 3.8) is 0 Å². The van der Waals surface area contributed by atoms with Crippen molar-refractivity contribution in [2.45, 2.75) is 46.1 Å². The lowest BCUT2D eigenvalue weighted by molar-refractivity contribution is 0.0867. The molecule has 0 saturated heterocycles. The Kier molecular flexibility index (Phi) is 8.91. The van der Waals surface area contributed by atoms with Crippen LogP contribution in [0.15, 0.2) is 79.0 Å². The minimum Gasteiger partial charge on any atom is -0.330 e. The fraction of sp³-hybridized carbons (Fsp3) is 0.323. The highest BCUT2D eigenvalue weighted by molar-refractivity contribution is 6.29. The number of nitrogens with zero attached hydrogens (tertiary/aromatic N) is 3. The van der Waals surface area contributed by atoms with Crippen LogP contribution < -0.4 is 5.73 Å². The van der Waals surface area contributed by atoms with Crippen LogP contribution in [0.4, 0.5) is 0 Å². The van der Waals surface area contributed by atoms with E-state index in [2.05, 4.69) is 66.7 Å². The van der Waals surface area contributed by atoms with Gasteiger partial charge in [-0.05, 0) is 49.9 Å². The van der Waals surface area contributed by atoms with E-state index in [-0.39, 0.29) is 23.5 Å². The molecule has 2 N–H and O–H groups in total. The predicted molar refractivity (Wildman–Crippen MR) is 151 cm³/mol. The van der Waals surface area contributed by atoms with Gasteiger partial charge in [0, 0.05) is 41.4 Å². The quantitative estimate of drug-likeness (QED) is 0.174. The molecule has 0 fully saturated rings. The summed E-state index contributed by atoms with van der Waals surface area (Å²) < 4.78 is 2.30. The third kappa shape index (κ3) is 6.17. The summed E-state index contributed by atoms with van der Waals surface area (Å²) in [6.07, 6.45) is 3.01. The molecule has 2 aromatic carbocycles. The summed E-state index contributed by atoms with van der Waals surface area (Å²) in [6, 6.07) is 24.1. The van der Waals surface area contributed by atoms with Crippen molar-refractivity contribution in [2.75, 3.05) is 6.54 Å². The van der Waals surface area contributed by atoms with Crippen molar-refractivity contribution >= 4 is 17.4 Å². The van der Waals surface area contributed by atoms with Gasteiger partial charge in [-0.2, -0.15) is 0 Å². The second-order valence-electron chi connectivity index (χ2n) is 9.88. The molecule has 192 valence electrons. The first-order valence-corrected chi connectivity index (χ1v) is 13.3. The number of Topliss-reactive ketones (excluding diaryl/α,β-unsaturated/α-hetero) is 1. The number of ketones is 1. The Balaban J connectivity index is 1.86. The fourth-order valence-electron chi connectivity index (χ4n) is 5.13. The van der Waals surface area contributed by atoms with Gasteiger partial charge in [0.1, 0.15) is 11.0 Å². The third-order valence-electron chi connectivity index (χ3n) is 7.00. The summed E-state index contributed by atoms with van der Waals surface area (Å²) in [4.78, 5) is 23.4. The summed E-state index contributed by atoms with van der Waals surface area (Å²) in [5.74, 6) is 0.782. The molecule has 1 unspecified atom stereocenters. The number of rotatable bonds is 11. The maximum atomic E-state index is 14.0. The number of aromatic nitrogens is 3. The van der Waals surface area contributed by atoms with Gasteiger partial charge in [-0.15, -0.1) is 0 Å². The topological polar surface area (TPSA) is 73.8 Å². The van der Waals surface area contributed by atoms with Gasteiger partial charge in [0.2, 0.25) is 0 Å². The Morgan fingerprint density at radius 1 is 1.00 bits per heavy atom. The minimum atomic E-state index is -0.286. The summed E-state index contributed by atoms with van der Waals surface area (Å²) in [5.41, 5.74) is 10.8. The van der Waals surface area contributed by atoms with Crippen LogP contribution in [0.1, 0.15) is 60.0 Å². The van der Waals surface area contributed by atoms with E-state index >= 15 is 0 Å². The highest BCUT2D eigenvalue weighted by atomic mass is 35.5. The Bertz CT molecular complexity index is 1300. The molecule has 2 atom stereocenters. The van der Waals surface area contributed by atoms with E-state index in [1.807, 2.05) is 24.3 Å². The van der Waals surface area contributed by atoms with E-state index in [0.717, 1.165) is 29.2 Å². The second kappa shape index (κ2) is 12.3. The zero-order valence-corrected chi connectivity index (χ0v) is 22.5. The molecule has 0 aliphatic heterocycles. The van der Waals surface area contributed by atoms with E-state index < -0.39 is 0 Å². The van der Waals surface area contributed by atoms with Crippen LogP contribution >= 0.6 is 11.6 Å². The van der Waals surface area contributed by atoms with Crippen LogP contribution in [0.3, 0.4) is 0 Å². The summed E-state index contributed by atoms with van der Waals surface area (Å²) in [7, 11) is 0. The molecular formula is C31H35ClN4O. The summed E-state index contributed by atoms with van der Waals surface area (Å²) >= 11 is 6.01. The van der Waals surface area contributed by atoms with Gasteiger partial charge in [-0.3, -0.25) is 4.79 Å². The normalized spacial score (nSPS) is 13.0. The molecule has 0 aliphatic rings. The smallest absolute Gasteiger partial charge is 0.168 e. The van der Waals surface area contributed by atoms with Crippen LogP contribution in [0, 0.1) is 18.8 Å². The Morgan fingerprint density at radius 2 is 1.68 bits per heavy atom. The largest absolute Gasteiger partial charge is 0.330 e. The van der Waals surface area contributed by atoms with Gasteiger partial charge in [-0.25, -0.2) is 9.97 Å². The third-order valence-corrected chi connectivity index (χ3v) is 7.22. The van der Waals surface area contributed by atoms with Crippen LogP contribution in [0.5, 0.6) is 0 Å². The van der Waals surface area contributed by atoms with Gasteiger partial charge < -0.3 is 10.3 Å². The molecule has 4 aromatic rings. The lowest BCUT2D eigenvalue weighted by atomic mass is 9.76. The number of carbonyl (C=O) groups excluding carboxylic acids is 1. The number of nitrogens with two attached hydrogens (primary N) is 1. The highest BCUT2D eigenvalue weighted by Gasteiger charge is 2.36. The van der Waals surface area contributed by atoms with Crippen molar-refractivity contribution in [1.82, 2.24) is 14.5 Å². The van der Waals surface area contributed by atoms with Gasteiger partial charge in [0.25, 0.3) is 0 Å². The first kappa shape index (κ1) is 26.8. The van der Waals surface area contributed by atoms with Gasteiger partial charge in [0.05, 0.1) is 5.69 Å². The standard InChI is InChI=1S/C31H35ClN4O/c1-21(2)28(26(15-10-18-33)30(37)25-16-17-27(32)34-19-25)31-35-29(24-13-8-5-9-14-24)22(3)36(31)20-23-11-6-4-7-12-23/h4-9,11-14,16-17,19,21,26,28H,10,15,18,20,33H2,1-3H3/t26-,28?/m1/s1. The van der Waals surface area contributed by atoms with Gasteiger partial charge in [0.15, 0.2) is 5.78 Å². The van der Waals surface area contributed by atoms with Crippen molar-refractivity contribution in [2.24, 2.45) is 17.6 Å². The van der Waals surface area contributed by atoms with E-state index in [1.165, 1.54) is 5.56 Å². The maximum Gasteiger partial charge on any atom is 0.168 e. The summed E-state index contributed by atoms with van der Waals surface area (Å²) in [5, 5.41) is 0.372. The van der Waals surface area contributed by atoms with Crippen LogP contribution in [0.2, 0.25) is 5.15 Å². The van der Waals surface area contributed by atoms with E-state index in [4.69, 9.17) is 22.3 Å². The zero-order chi connectivity index (χ0) is 26.4. The number of carbonyl (C=O) groups is 1. The van der Waals surface area contributed by atoms with E-state index in [1.54, 1.807) is 18.3 Å². The molecule has 0 spiro atoms. The first-order valence-electron chi connectivity index (χ1n) is 12.9. The van der Waals surface area contributed by atoms with Crippen molar-refractivity contribution in [3.05, 3.63) is 107 Å². The zero-order valence-electron chi connectivity index (χ0n) is 21.8. The van der Waals surface area contributed by atoms with Crippen molar-refractivity contribution in [1.29, 1.82) is 0 Å². The Hall–Kier alpha value is -3.28. The Labute approximate surface area is 224 Å². The lowest BCUT2D eigenvalue weighted by Gasteiger charge is -2.30. The van der Waals surface area contributed by atoms with Crippen LogP contribution in [-0.4, -0.2) is 26.9 Å². The van der Waals surface area contributed by atoms with Gasteiger partial charge in [-0.1, -0.05) is 86.1 Å². The van der Waals surface area contributed by atoms with Gasteiger partial charge >= 0.3 is 0 Å². The lowest BCUT2D eigenvalue weighted by Crippen LogP contribution is -2.29. The molecule has 6 heteroatoms. The minimum absolute atomic E-state index is 0.0597. The molecule has 0 bridgehead atoms. The van der Waals surface area contributed by atoms with Crippen LogP contribution in [-0.2, 0) is 6.54 Å². The number of pyridine rings is 1. The average Bonchev–Trinajstić information content (AvgIpc) is 3.22. The number of hydrogen-bond donors (Lipinski definition) is 1. The molecule has 0 saturated carbocycles. The summed E-state index contributed by atoms with van der Waals surface area (Å²) in [6.45, 7) is 7.68. The Morgan fingerprint density at radius 3 is 2.27 bits per heavy atom. The number of hydrogen-bond acceptors (Lipinski definition) is 4. The van der Waals surface area contributed by atoms with E-state index in [0.29, 0.717) is 30.2 Å². The SMILES string of the molecule is Cc1c(-c2ccccc2)nc(C(C(C)C)[C@@H](CCCN)C(=O)c2ccc(Cl)nc2)n1Cc1ccccc1. The average molecular weight is 515 g/mol. The highest BCUT2D eigenvalue weighted by Crippen LogP contribution is 2.39. The molecule has 2 heterocycles. The monoisotopic (exact) mass is 514 g/mol. The molecular weight excluding hydrogens is 480 g/mol. The second-order valence-corrected chi connectivity index (χ2v) is 10.3. The molecule has 37 heavy (non-hydrogen) atoms. The molecule has 2 aromatic heterocycles. The van der Waals surface area contributed by atoms with Crippen molar-refractivity contribution < 1.29 is 4.79 Å². The maximum absolute atomic E-state index is 14.0. The fourth-order valence-corrected chi connectivity index (χ4v) is 5.25. The molecule has 4 rings (SSSR count). The van der Waals surface area contributed by atoms with Crippen molar-refractivity contribution in [3.8, 4) is 11.3 Å². The molecule has 0 aliphatic carbocycles. The predicted octanol–water partition coefficient (Wildman–Crippen LogP) is 6.93. The molecule has 5 nitrogen and oxygen atoms in total. The first-order chi connectivity index (χ1) is 17.9. The molecule has 0 radical (unpaired) electrons. The molecule has 0 amide bonds. The number of halogens is 1. The number of benzene rings is 2. The van der Waals surface area contributed by atoms with Crippen LogP contribution in [0.25, 0.3) is 11.3 Å². The van der Waals surface area contributed by atoms with E-state index in [9.17, 15) is 4.79 Å². The number of imidazole rings is 1.